The number of nitrogens with zero attached hydrogens (tertiary/aromatic N) is 2. The third-order valence-electron chi connectivity index (χ3n) is 5.40. The van der Waals surface area contributed by atoms with Gasteiger partial charge >= 0.3 is 0 Å². The molecule has 0 saturated carbocycles. The maximum absolute atomic E-state index is 12.7. The molecule has 2 aromatic rings. The van der Waals surface area contributed by atoms with Gasteiger partial charge in [0.05, 0.1) is 4.90 Å². The van der Waals surface area contributed by atoms with E-state index in [9.17, 15) is 13.2 Å². The van der Waals surface area contributed by atoms with Crippen molar-refractivity contribution in [1.82, 2.24) is 9.62 Å². The van der Waals surface area contributed by atoms with Crippen LogP contribution in [0, 0.1) is 5.92 Å². The minimum absolute atomic E-state index is 0.157. The lowest BCUT2D eigenvalue weighted by molar-refractivity contribution is 0.0948. The Morgan fingerprint density at radius 1 is 1.10 bits per heavy atom. The zero-order valence-electron chi connectivity index (χ0n) is 17.0. The van der Waals surface area contributed by atoms with E-state index in [4.69, 9.17) is 0 Å². The van der Waals surface area contributed by atoms with Crippen LogP contribution in [0.4, 0.5) is 5.69 Å². The van der Waals surface area contributed by atoms with Crippen LogP contribution in [-0.2, 0) is 10.0 Å². The van der Waals surface area contributed by atoms with Crippen molar-refractivity contribution in [1.29, 1.82) is 0 Å². The number of para-hydroxylation sites is 1. The summed E-state index contributed by atoms with van der Waals surface area (Å²) in [6.45, 7) is 6.86. The Balaban J connectivity index is 1.61. The molecule has 3 rings (SSSR count). The van der Waals surface area contributed by atoms with Crippen molar-refractivity contribution in [3.63, 3.8) is 0 Å². The number of anilines is 1. The van der Waals surface area contributed by atoms with E-state index in [2.05, 4.69) is 22.3 Å². The zero-order valence-corrected chi connectivity index (χ0v) is 17.9. The van der Waals surface area contributed by atoms with Crippen LogP contribution in [0.2, 0.25) is 0 Å². The zero-order chi connectivity index (χ0) is 20.9. The molecule has 1 aliphatic rings. The van der Waals surface area contributed by atoms with E-state index >= 15 is 0 Å². The number of rotatable bonds is 8. The molecule has 1 heterocycles. The quantitative estimate of drug-likeness (QED) is 0.720. The molecule has 0 aromatic heterocycles. The summed E-state index contributed by atoms with van der Waals surface area (Å²) < 4.78 is 26.8. The fourth-order valence-corrected chi connectivity index (χ4v) is 5.23. The van der Waals surface area contributed by atoms with Crippen molar-refractivity contribution in [2.45, 2.75) is 25.2 Å². The molecule has 1 fully saturated rings. The van der Waals surface area contributed by atoms with Gasteiger partial charge in [0.1, 0.15) is 0 Å². The Hall–Kier alpha value is -2.38. The third kappa shape index (κ3) is 4.97. The van der Waals surface area contributed by atoms with E-state index in [0.717, 1.165) is 19.5 Å². The maximum Gasteiger partial charge on any atom is 0.251 e. The van der Waals surface area contributed by atoms with Gasteiger partial charge in [0.2, 0.25) is 10.0 Å². The number of nitrogens with one attached hydrogen (secondary N) is 1. The number of carbonyl (C=O) groups is 1. The number of sulfonamides is 1. The van der Waals surface area contributed by atoms with Crippen molar-refractivity contribution in [3.05, 3.63) is 60.2 Å². The minimum Gasteiger partial charge on any atom is -0.371 e. The fraction of sp³-hybridized carbons (Fsp3) is 0.409. The molecule has 6 nitrogen and oxygen atoms in total. The summed E-state index contributed by atoms with van der Waals surface area (Å²) in [6.07, 6.45) is 1.02. The highest BCUT2D eigenvalue weighted by Crippen LogP contribution is 2.23. The number of carbonyl (C=O) groups excluding carboxylic acids is 1. The molecule has 7 heteroatoms. The van der Waals surface area contributed by atoms with Gasteiger partial charge in [-0.2, -0.15) is 4.31 Å². The van der Waals surface area contributed by atoms with Crippen LogP contribution in [0.15, 0.2) is 59.5 Å². The van der Waals surface area contributed by atoms with Gasteiger partial charge in [-0.3, -0.25) is 4.79 Å². The lowest BCUT2D eigenvalue weighted by atomic mass is 10.1. The second kappa shape index (κ2) is 9.41. The van der Waals surface area contributed by atoms with Gasteiger partial charge in [-0.05, 0) is 42.7 Å². The van der Waals surface area contributed by atoms with Gasteiger partial charge in [-0.25, -0.2) is 8.42 Å². The predicted octanol–water partition coefficient (Wildman–Crippen LogP) is 2.97. The maximum atomic E-state index is 12.7. The molecule has 2 aromatic carbocycles. The first-order chi connectivity index (χ1) is 14.0. The summed E-state index contributed by atoms with van der Waals surface area (Å²) in [5.41, 5.74) is 1.58. The van der Waals surface area contributed by atoms with Crippen LogP contribution < -0.4 is 10.2 Å². The van der Waals surface area contributed by atoms with Crippen LogP contribution in [0.1, 0.15) is 30.6 Å². The van der Waals surface area contributed by atoms with Crippen molar-refractivity contribution in [2.75, 3.05) is 37.6 Å². The monoisotopic (exact) mass is 415 g/mol. The Kier molecular flexibility index (Phi) is 6.92. The van der Waals surface area contributed by atoms with E-state index in [-0.39, 0.29) is 10.8 Å². The number of hydrogen-bond donors (Lipinski definition) is 1. The van der Waals surface area contributed by atoms with Crippen LogP contribution in [0.25, 0.3) is 0 Å². The molecule has 1 aliphatic heterocycles. The summed E-state index contributed by atoms with van der Waals surface area (Å²) in [4.78, 5) is 15.1. The normalized spacial score (nSPS) is 16.9. The molecule has 0 bridgehead atoms. The molecule has 156 valence electrons. The first-order valence-corrected chi connectivity index (χ1v) is 11.6. The van der Waals surface area contributed by atoms with Crippen molar-refractivity contribution in [3.8, 4) is 0 Å². The van der Waals surface area contributed by atoms with Crippen LogP contribution in [0.5, 0.6) is 0 Å². The average Bonchev–Trinajstić information content (AvgIpc) is 3.22. The summed E-state index contributed by atoms with van der Waals surface area (Å²) in [6, 6.07) is 16.6. The summed E-state index contributed by atoms with van der Waals surface area (Å²) in [7, 11) is -3.58. The van der Waals surface area contributed by atoms with Gasteiger partial charge in [0.25, 0.3) is 5.91 Å². The standard InChI is InChI=1S/C22H29N3O3S/c1-3-25(4-2)29(27,28)21-12-8-9-19(15-21)22(26)23-16-18-13-14-24(17-18)20-10-6-5-7-11-20/h5-12,15,18H,3-4,13-14,16-17H2,1-2H3,(H,23,26). The van der Waals surface area contributed by atoms with Crippen molar-refractivity contribution in [2.24, 2.45) is 5.92 Å². The van der Waals surface area contributed by atoms with Crippen LogP contribution in [-0.4, -0.2) is 51.4 Å². The van der Waals surface area contributed by atoms with Gasteiger partial charge < -0.3 is 10.2 Å². The SMILES string of the molecule is CCN(CC)S(=O)(=O)c1cccc(C(=O)NCC2CCN(c3ccccc3)C2)c1. The molecular weight excluding hydrogens is 386 g/mol. The molecule has 29 heavy (non-hydrogen) atoms. The van der Waals surface area contributed by atoms with E-state index in [1.807, 2.05) is 18.2 Å². The molecule has 1 N–H and O–H groups in total. The van der Waals surface area contributed by atoms with E-state index in [1.54, 1.807) is 32.0 Å². The van der Waals surface area contributed by atoms with E-state index < -0.39 is 10.0 Å². The second-order valence-corrected chi connectivity index (χ2v) is 9.20. The molecule has 1 unspecified atom stereocenters. The van der Waals surface area contributed by atoms with E-state index in [1.165, 1.54) is 16.1 Å². The summed E-state index contributed by atoms with van der Waals surface area (Å²) in [5.74, 6) is 0.140. The Bertz CT molecular complexity index is 927. The van der Waals surface area contributed by atoms with Crippen LogP contribution >= 0.6 is 0 Å². The Morgan fingerprint density at radius 2 is 1.83 bits per heavy atom. The van der Waals surface area contributed by atoms with Gasteiger partial charge in [0, 0.05) is 44.0 Å². The lowest BCUT2D eigenvalue weighted by Gasteiger charge is -2.19. The van der Waals surface area contributed by atoms with Crippen molar-refractivity contribution >= 4 is 21.6 Å². The van der Waals surface area contributed by atoms with E-state index in [0.29, 0.717) is 31.1 Å². The highest BCUT2D eigenvalue weighted by Gasteiger charge is 2.24. The van der Waals surface area contributed by atoms with Gasteiger partial charge in [-0.15, -0.1) is 0 Å². The molecule has 1 atom stereocenters. The minimum atomic E-state index is -3.58. The first-order valence-electron chi connectivity index (χ1n) is 10.1. The Morgan fingerprint density at radius 3 is 2.52 bits per heavy atom. The van der Waals surface area contributed by atoms with Crippen LogP contribution in [0.3, 0.4) is 0 Å². The van der Waals surface area contributed by atoms with Gasteiger partial charge in [0.15, 0.2) is 0 Å². The molecule has 1 saturated heterocycles. The summed E-state index contributed by atoms with van der Waals surface area (Å²) in [5, 5.41) is 2.97. The lowest BCUT2D eigenvalue weighted by Crippen LogP contribution is -2.32. The number of amides is 1. The number of benzene rings is 2. The highest BCUT2D eigenvalue weighted by atomic mass is 32.2. The molecule has 0 spiro atoms. The second-order valence-electron chi connectivity index (χ2n) is 7.26. The topological polar surface area (TPSA) is 69.7 Å². The first kappa shape index (κ1) is 21.3. The Labute approximate surface area is 173 Å². The smallest absolute Gasteiger partial charge is 0.251 e. The molecular formula is C22H29N3O3S. The van der Waals surface area contributed by atoms with Crippen molar-refractivity contribution < 1.29 is 13.2 Å². The fourth-order valence-electron chi connectivity index (χ4n) is 3.72. The highest BCUT2D eigenvalue weighted by molar-refractivity contribution is 7.89. The third-order valence-corrected chi connectivity index (χ3v) is 7.44. The van der Waals surface area contributed by atoms with Gasteiger partial charge in [-0.1, -0.05) is 38.1 Å². The average molecular weight is 416 g/mol. The molecule has 0 radical (unpaired) electrons. The predicted molar refractivity (Wildman–Crippen MR) is 116 cm³/mol. The molecule has 1 amide bonds. The summed E-state index contributed by atoms with van der Waals surface area (Å²) >= 11 is 0. The number of hydrogen-bond acceptors (Lipinski definition) is 4. The molecule has 0 aliphatic carbocycles. The largest absolute Gasteiger partial charge is 0.371 e.